The molecule has 0 spiro atoms. The average Bonchev–Trinajstić information content (AvgIpc) is 2.37. The van der Waals surface area contributed by atoms with Gasteiger partial charge in [0.2, 0.25) is 0 Å². The number of nitrogens with two attached hydrogens (primary N) is 1. The molecule has 0 aromatic heterocycles. The molecule has 1 aromatic carbocycles. The molecule has 0 fully saturated rings. The average molecular weight is 277 g/mol. The number of rotatable bonds is 6. The lowest BCUT2D eigenvalue weighted by Crippen LogP contribution is -2.33. The molecule has 0 aliphatic carbocycles. The molecule has 0 radical (unpaired) electrons. The van der Waals surface area contributed by atoms with Gasteiger partial charge in [-0.05, 0) is 44.4 Å². The van der Waals surface area contributed by atoms with Gasteiger partial charge in [0.15, 0.2) is 0 Å². The standard InChI is InChI=1S/C16H27N3O/c1-6-18-16(20)14-8-7-13(17)10-15(14)19(5)12(4)9-11(2)3/h7-8,10-12H,6,9,17H2,1-5H3,(H,18,20). The van der Waals surface area contributed by atoms with E-state index in [-0.39, 0.29) is 5.91 Å². The molecule has 0 aliphatic heterocycles. The Kier molecular flexibility index (Phi) is 5.86. The topological polar surface area (TPSA) is 58.4 Å². The van der Waals surface area contributed by atoms with E-state index in [1.165, 1.54) is 0 Å². The minimum absolute atomic E-state index is 0.0499. The third-order valence-corrected chi connectivity index (χ3v) is 3.46. The summed E-state index contributed by atoms with van der Waals surface area (Å²) in [5.74, 6) is 0.563. The third kappa shape index (κ3) is 4.15. The van der Waals surface area contributed by atoms with E-state index >= 15 is 0 Å². The maximum Gasteiger partial charge on any atom is 0.253 e. The van der Waals surface area contributed by atoms with E-state index in [4.69, 9.17) is 5.73 Å². The summed E-state index contributed by atoms with van der Waals surface area (Å²) >= 11 is 0. The van der Waals surface area contributed by atoms with Crippen molar-refractivity contribution in [2.24, 2.45) is 5.92 Å². The summed E-state index contributed by atoms with van der Waals surface area (Å²) in [4.78, 5) is 14.3. The van der Waals surface area contributed by atoms with Crippen molar-refractivity contribution in [1.82, 2.24) is 5.32 Å². The number of hydrogen-bond donors (Lipinski definition) is 2. The fourth-order valence-electron chi connectivity index (χ4n) is 2.37. The molecule has 112 valence electrons. The third-order valence-electron chi connectivity index (χ3n) is 3.46. The van der Waals surface area contributed by atoms with E-state index in [0.29, 0.717) is 29.8 Å². The smallest absolute Gasteiger partial charge is 0.253 e. The Bertz CT molecular complexity index is 457. The van der Waals surface area contributed by atoms with Crippen molar-refractivity contribution < 1.29 is 4.79 Å². The number of amides is 1. The van der Waals surface area contributed by atoms with E-state index < -0.39 is 0 Å². The summed E-state index contributed by atoms with van der Waals surface area (Å²) in [5.41, 5.74) is 8.13. The lowest BCUT2D eigenvalue weighted by molar-refractivity contribution is 0.0956. The molecule has 3 N–H and O–H groups in total. The summed E-state index contributed by atoms with van der Waals surface area (Å²) in [6.07, 6.45) is 1.07. The van der Waals surface area contributed by atoms with Gasteiger partial charge >= 0.3 is 0 Å². The first-order valence-electron chi connectivity index (χ1n) is 7.27. The van der Waals surface area contributed by atoms with Crippen LogP contribution in [0.1, 0.15) is 44.5 Å². The van der Waals surface area contributed by atoms with Crippen molar-refractivity contribution in [3.8, 4) is 0 Å². The SMILES string of the molecule is CCNC(=O)c1ccc(N)cc1N(C)C(C)CC(C)C. The highest BCUT2D eigenvalue weighted by Gasteiger charge is 2.18. The predicted molar refractivity (Wildman–Crippen MR) is 86.2 cm³/mol. The fourth-order valence-corrected chi connectivity index (χ4v) is 2.37. The number of benzene rings is 1. The molecule has 1 rings (SSSR count). The molecule has 4 nitrogen and oxygen atoms in total. The van der Waals surface area contributed by atoms with Crippen molar-refractivity contribution in [2.45, 2.75) is 40.2 Å². The Morgan fingerprint density at radius 1 is 1.35 bits per heavy atom. The van der Waals surface area contributed by atoms with Crippen LogP contribution in [0.2, 0.25) is 0 Å². The normalized spacial score (nSPS) is 12.3. The second-order valence-electron chi connectivity index (χ2n) is 5.73. The largest absolute Gasteiger partial charge is 0.399 e. The molecular weight excluding hydrogens is 250 g/mol. The van der Waals surface area contributed by atoms with Crippen molar-refractivity contribution in [3.05, 3.63) is 23.8 Å². The highest BCUT2D eigenvalue weighted by Crippen LogP contribution is 2.26. The Morgan fingerprint density at radius 2 is 2.00 bits per heavy atom. The maximum atomic E-state index is 12.1. The number of hydrogen-bond acceptors (Lipinski definition) is 3. The number of nitrogens with zero attached hydrogens (tertiary/aromatic N) is 1. The number of carbonyl (C=O) groups is 1. The zero-order valence-corrected chi connectivity index (χ0v) is 13.2. The number of carbonyl (C=O) groups excluding carboxylic acids is 1. The summed E-state index contributed by atoms with van der Waals surface area (Å²) in [5, 5.41) is 2.85. The Labute approximate surface area is 122 Å². The summed E-state index contributed by atoms with van der Waals surface area (Å²) in [6, 6.07) is 5.80. The minimum atomic E-state index is -0.0499. The molecule has 0 saturated heterocycles. The second kappa shape index (κ2) is 7.17. The van der Waals surface area contributed by atoms with Crippen molar-refractivity contribution in [2.75, 3.05) is 24.2 Å². The van der Waals surface area contributed by atoms with Crippen LogP contribution in [0.3, 0.4) is 0 Å². The monoisotopic (exact) mass is 277 g/mol. The fraction of sp³-hybridized carbons (Fsp3) is 0.562. The first-order chi connectivity index (χ1) is 9.36. The zero-order valence-electron chi connectivity index (χ0n) is 13.2. The van der Waals surface area contributed by atoms with E-state index in [0.717, 1.165) is 12.1 Å². The van der Waals surface area contributed by atoms with Crippen LogP contribution >= 0.6 is 0 Å². The van der Waals surface area contributed by atoms with Gasteiger partial charge in [0.25, 0.3) is 5.91 Å². The van der Waals surface area contributed by atoms with Gasteiger partial charge in [0, 0.05) is 25.3 Å². The van der Waals surface area contributed by atoms with Crippen molar-refractivity contribution in [1.29, 1.82) is 0 Å². The Morgan fingerprint density at radius 3 is 2.55 bits per heavy atom. The quantitative estimate of drug-likeness (QED) is 0.786. The molecule has 0 saturated carbocycles. The highest BCUT2D eigenvalue weighted by molar-refractivity contribution is 6.00. The first-order valence-corrected chi connectivity index (χ1v) is 7.27. The van der Waals surface area contributed by atoms with Crippen LogP contribution in [0.25, 0.3) is 0 Å². The predicted octanol–water partition coefficient (Wildman–Crippen LogP) is 2.89. The van der Waals surface area contributed by atoms with E-state index in [2.05, 4.69) is 31.0 Å². The Hall–Kier alpha value is -1.71. The molecule has 1 unspecified atom stereocenters. The van der Waals surface area contributed by atoms with Gasteiger partial charge < -0.3 is 16.0 Å². The number of nitrogens with one attached hydrogen (secondary N) is 1. The number of anilines is 2. The lowest BCUT2D eigenvalue weighted by atomic mass is 10.0. The molecule has 0 aliphatic rings. The lowest BCUT2D eigenvalue weighted by Gasteiger charge is -2.30. The molecule has 1 aromatic rings. The summed E-state index contributed by atoms with van der Waals surface area (Å²) in [6.45, 7) is 9.11. The van der Waals surface area contributed by atoms with Crippen LogP contribution < -0.4 is 16.0 Å². The van der Waals surface area contributed by atoms with Gasteiger partial charge in [-0.25, -0.2) is 0 Å². The van der Waals surface area contributed by atoms with Crippen LogP contribution in [0.5, 0.6) is 0 Å². The molecule has 4 heteroatoms. The minimum Gasteiger partial charge on any atom is -0.399 e. The van der Waals surface area contributed by atoms with Crippen LogP contribution in [0.4, 0.5) is 11.4 Å². The van der Waals surface area contributed by atoms with Gasteiger partial charge in [-0.15, -0.1) is 0 Å². The van der Waals surface area contributed by atoms with Gasteiger partial charge in [-0.1, -0.05) is 13.8 Å². The van der Waals surface area contributed by atoms with Crippen LogP contribution in [-0.2, 0) is 0 Å². The van der Waals surface area contributed by atoms with Crippen LogP contribution in [0, 0.1) is 5.92 Å². The van der Waals surface area contributed by atoms with Crippen molar-refractivity contribution >= 4 is 17.3 Å². The Balaban J connectivity index is 3.08. The van der Waals surface area contributed by atoms with E-state index in [1.807, 2.05) is 20.0 Å². The van der Waals surface area contributed by atoms with E-state index in [1.54, 1.807) is 12.1 Å². The van der Waals surface area contributed by atoms with Gasteiger partial charge in [0.1, 0.15) is 0 Å². The molecule has 1 amide bonds. The van der Waals surface area contributed by atoms with Gasteiger partial charge in [0.05, 0.1) is 11.3 Å². The van der Waals surface area contributed by atoms with Crippen LogP contribution in [0.15, 0.2) is 18.2 Å². The molecule has 0 heterocycles. The van der Waals surface area contributed by atoms with Gasteiger partial charge in [-0.3, -0.25) is 4.79 Å². The molecule has 0 bridgehead atoms. The summed E-state index contributed by atoms with van der Waals surface area (Å²) in [7, 11) is 2.02. The first kappa shape index (κ1) is 16.3. The number of nitrogen functional groups attached to an aromatic ring is 1. The van der Waals surface area contributed by atoms with E-state index in [9.17, 15) is 4.79 Å². The summed E-state index contributed by atoms with van der Waals surface area (Å²) < 4.78 is 0. The highest BCUT2D eigenvalue weighted by atomic mass is 16.1. The second-order valence-corrected chi connectivity index (χ2v) is 5.73. The maximum absolute atomic E-state index is 12.1. The molecular formula is C16H27N3O. The van der Waals surface area contributed by atoms with Gasteiger partial charge in [-0.2, -0.15) is 0 Å². The molecule has 20 heavy (non-hydrogen) atoms. The van der Waals surface area contributed by atoms with Crippen LogP contribution in [-0.4, -0.2) is 25.5 Å². The molecule has 1 atom stereocenters. The zero-order chi connectivity index (χ0) is 15.3. The van der Waals surface area contributed by atoms with Crippen molar-refractivity contribution in [3.63, 3.8) is 0 Å².